The van der Waals surface area contributed by atoms with Gasteiger partial charge in [0.25, 0.3) is 0 Å². The van der Waals surface area contributed by atoms with E-state index in [-0.39, 0.29) is 24.0 Å². The molecule has 2 fully saturated rings. The Hall–Kier alpha value is -1.22. The molecule has 1 saturated carbocycles. The molecule has 0 amide bonds. The Morgan fingerprint density at radius 1 is 1.10 bits per heavy atom. The summed E-state index contributed by atoms with van der Waals surface area (Å²) in [6, 6.07) is 6.09. The highest BCUT2D eigenvalue weighted by molar-refractivity contribution is 14.0. The van der Waals surface area contributed by atoms with Crippen molar-refractivity contribution in [2.75, 3.05) is 33.4 Å². The van der Waals surface area contributed by atoms with Gasteiger partial charge in [0.1, 0.15) is 0 Å². The fourth-order valence-corrected chi connectivity index (χ4v) is 4.21. The molecule has 1 aliphatic heterocycles. The maximum atomic E-state index is 6.36. The van der Waals surface area contributed by atoms with Gasteiger partial charge in [0.15, 0.2) is 17.5 Å². The van der Waals surface area contributed by atoms with Gasteiger partial charge >= 0.3 is 0 Å². The zero-order valence-corrected chi connectivity index (χ0v) is 21.0. The van der Waals surface area contributed by atoms with Crippen molar-refractivity contribution in [1.82, 2.24) is 10.2 Å². The van der Waals surface area contributed by atoms with Crippen LogP contribution in [0.4, 0.5) is 0 Å². The minimum absolute atomic E-state index is 0. The number of likely N-dealkylation sites (tertiary alicyclic amines) is 1. The Morgan fingerprint density at radius 2 is 1.83 bits per heavy atom. The van der Waals surface area contributed by atoms with E-state index in [4.69, 9.17) is 19.2 Å². The van der Waals surface area contributed by atoms with E-state index in [0.29, 0.717) is 18.8 Å². The number of nitrogens with one attached hydrogen (secondary N) is 1. The number of benzene rings is 1. The highest BCUT2D eigenvalue weighted by atomic mass is 127. The molecule has 0 atom stereocenters. The third kappa shape index (κ3) is 6.90. The van der Waals surface area contributed by atoms with Crippen LogP contribution in [-0.4, -0.2) is 56.4 Å². The molecule has 1 saturated heterocycles. The lowest BCUT2D eigenvalue weighted by Gasteiger charge is -2.34. The number of hydrogen-bond acceptors (Lipinski definition) is 4. The Balaban J connectivity index is 0.00000320. The van der Waals surface area contributed by atoms with Crippen molar-refractivity contribution in [3.63, 3.8) is 0 Å². The van der Waals surface area contributed by atoms with E-state index in [1.165, 1.54) is 12.8 Å². The molecule has 0 radical (unpaired) electrons. The van der Waals surface area contributed by atoms with Crippen molar-refractivity contribution in [3.05, 3.63) is 23.8 Å². The van der Waals surface area contributed by atoms with Crippen molar-refractivity contribution < 1.29 is 14.2 Å². The molecule has 3 rings (SSSR count). The number of halogens is 1. The second-order valence-corrected chi connectivity index (χ2v) is 7.78. The topological polar surface area (TPSA) is 55.3 Å². The van der Waals surface area contributed by atoms with E-state index < -0.39 is 0 Å². The number of ether oxygens (including phenoxy) is 3. The van der Waals surface area contributed by atoms with Crippen LogP contribution < -0.4 is 14.8 Å². The number of aliphatic imine (C=N–C) groups is 1. The predicted molar refractivity (Wildman–Crippen MR) is 132 cm³/mol. The zero-order chi connectivity index (χ0) is 20.5. The number of rotatable bonds is 8. The van der Waals surface area contributed by atoms with Gasteiger partial charge in [-0.2, -0.15) is 0 Å². The summed E-state index contributed by atoms with van der Waals surface area (Å²) in [6.07, 6.45) is 7.51. The van der Waals surface area contributed by atoms with Crippen molar-refractivity contribution in [3.8, 4) is 11.5 Å². The molecule has 1 aromatic rings. The fourth-order valence-electron chi connectivity index (χ4n) is 4.21. The van der Waals surface area contributed by atoms with Gasteiger partial charge < -0.3 is 24.4 Å². The van der Waals surface area contributed by atoms with Crippen LogP contribution in [0, 0.1) is 0 Å². The summed E-state index contributed by atoms with van der Waals surface area (Å²) >= 11 is 0. The fraction of sp³-hybridized carbons (Fsp3) is 0.696. The third-order valence-corrected chi connectivity index (χ3v) is 5.75. The normalized spacial score (nSPS) is 18.2. The van der Waals surface area contributed by atoms with Gasteiger partial charge in [-0.3, -0.25) is 0 Å². The largest absolute Gasteiger partial charge is 0.493 e. The summed E-state index contributed by atoms with van der Waals surface area (Å²) in [5, 5.41) is 3.45. The van der Waals surface area contributed by atoms with E-state index in [0.717, 1.165) is 74.9 Å². The van der Waals surface area contributed by atoms with Crippen LogP contribution in [-0.2, 0) is 11.3 Å². The summed E-state index contributed by atoms with van der Waals surface area (Å²) in [7, 11) is 1.70. The van der Waals surface area contributed by atoms with E-state index in [1.807, 2.05) is 12.1 Å². The van der Waals surface area contributed by atoms with Crippen LogP contribution in [0.25, 0.3) is 0 Å². The third-order valence-electron chi connectivity index (χ3n) is 5.75. The SMILES string of the molecule is CCNC(=NCc1cccc(OC)c1OC1CCCC1)N1CCC(OCC)CC1.I. The van der Waals surface area contributed by atoms with Gasteiger partial charge in [0.05, 0.1) is 25.9 Å². The molecule has 30 heavy (non-hydrogen) atoms. The molecule has 0 unspecified atom stereocenters. The average Bonchev–Trinajstić information content (AvgIpc) is 3.26. The number of piperidine rings is 1. The average molecular weight is 531 g/mol. The molecule has 1 N–H and O–H groups in total. The Morgan fingerprint density at radius 3 is 2.47 bits per heavy atom. The molecular formula is C23H38IN3O3. The van der Waals surface area contributed by atoms with Gasteiger partial charge in [-0.25, -0.2) is 4.99 Å². The lowest BCUT2D eigenvalue weighted by molar-refractivity contribution is 0.0263. The van der Waals surface area contributed by atoms with Gasteiger partial charge in [-0.1, -0.05) is 12.1 Å². The van der Waals surface area contributed by atoms with Crippen LogP contribution >= 0.6 is 24.0 Å². The summed E-state index contributed by atoms with van der Waals surface area (Å²) in [6.45, 7) is 8.35. The second-order valence-electron chi connectivity index (χ2n) is 7.78. The van der Waals surface area contributed by atoms with Crippen LogP contribution in [0.1, 0.15) is 57.9 Å². The van der Waals surface area contributed by atoms with Crippen LogP contribution in [0.2, 0.25) is 0 Å². The Labute approximate surface area is 198 Å². The van der Waals surface area contributed by atoms with E-state index in [9.17, 15) is 0 Å². The van der Waals surface area contributed by atoms with Gasteiger partial charge in [0.2, 0.25) is 0 Å². The number of guanidine groups is 1. The van der Waals surface area contributed by atoms with Crippen molar-refractivity contribution >= 4 is 29.9 Å². The maximum absolute atomic E-state index is 6.36. The molecule has 0 spiro atoms. The zero-order valence-electron chi connectivity index (χ0n) is 18.7. The first-order valence-electron chi connectivity index (χ1n) is 11.2. The highest BCUT2D eigenvalue weighted by Crippen LogP contribution is 2.35. The first-order chi connectivity index (χ1) is 14.2. The van der Waals surface area contributed by atoms with Crippen molar-refractivity contribution in [2.45, 2.75) is 71.1 Å². The summed E-state index contributed by atoms with van der Waals surface area (Å²) in [5.41, 5.74) is 1.08. The number of para-hydroxylation sites is 1. The first-order valence-corrected chi connectivity index (χ1v) is 11.2. The molecule has 0 aromatic heterocycles. The molecular weight excluding hydrogens is 493 g/mol. The molecule has 2 aliphatic rings. The highest BCUT2D eigenvalue weighted by Gasteiger charge is 2.23. The minimum atomic E-state index is 0. The molecule has 1 aliphatic carbocycles. The smallest absolute Gasteiger partial charge is 0.194 e. The lowest BCUT2D eigenvalue weighted by atomic mass is 10.1. The minimum Gasteiger partial charge on any atom is -0.493 e. The second kappa shape index (κ2) is 13.2. The molecule has 1 aromatic carbocycles. The molecule has 0 bridgehead atoms. The van der Waals surface area contributed by atoms with Crippen molar-refractivity contribution in [1.29, 1.82) is 0 Å². The molecule has 1 heterocycles. The number of methoxy groups -OCH3 is 1. The summed E-state index contributed by atoms with van der Waals surface area (Å²) in [5.74, 6) is 2.63. The van der Waals surface area contributed by atoms with Gasteiger partial charge in [-0.15, -0.1) is 24.0 Å². The van der Waals surface area contributed by atoms with Gasteiger partial charge in [0, 0.05) is 31.8 Å². The van der Waals surface area contributed by atoms with Crippen LogP contribution in [0.5, 0.6) is 11.5 Å². The molecule has 170 valence electrons. The Kier molecular flexibility index (Phi) is 11.1. The van der Waals surface area contributed by atoms with E-state index >= 15 is 0 Å². The van der Waals surface area contributed by atoms with Gasteiger partial charge in [-0.05, 0) is 58.4 Å². The number of hydrogen-bond donors (Lipinski definition) is 1. The standard InChI is InChI=1S/C23H37N3O3.HI/c1-4-24-23(26-15-13-19(14-16-26)28-5-2)25-17-18-9-8-12-21(27-3)22(18)29-20-10-6-7-11-20;/h8-9,12,19-20H,4-7,10-11,13-17H2,1-3H3,(H,24,25);1H. The summed E-state index contributed by atoms with van der Waals surface area (Å²) < 4.78 is 17.7. The van der Waals surface area contributed by atoms with E-state index in [1.54, 1.807) is 7.11 Å². The first kappa shape index (κ1) is 25.0. The Bertz CT molecular complexity index is 657. The number of nitrogens with zero attached hydrogens (tertiary/aromatic N) is 2. The maximum Gasteiger partial charge on any atom is 0.194 e. The van der Waals surface area contributed by atoms with E-state index in [2.05, 4.69) is 30.1 Å². The molecule has 6 nitrogen and oxygen atoms in total. The lowest BCUT2D eigenvalue weighted by Crippen LogP contribution is -2.47. The van der Waals surface area contributed by atoms with Crippen LogP contribution in [0.15, 0.2) is 23.2 Å². The van der Waals surface area contributed by atoms with Crippen LogP contribution in [0.3, 0.4) is 0 Å². The monoisotopic (exact) mass is 531 g/mol. The quantitative estimate of drug-likeness (QED) is 0.302. The summed E-state index contributed by atoms with van der Waals surface area (Å²) in [4.78, 5) is 7.29. The van der Waals surface area contributed by atoms with Crippen molar-refractivity contribution in [2.24, 2.45) is 4.99 Å². The predicted octanol–water partition coefficient (Wildman–Crippen LogP) is 4.60. The molecule has 7 heteroatoms.